The van der Waals surface area contributed by atoms with E-state index in [4.69, 9.17) is 4.42 Å². The van der Waals surface area contributed by atoms with E-state index in [1.54, 1.807) is 6.92 Å². The van der Waals surface area contributed by atoms with Gasteiger partial charge in [-0.2, -0.15) is 4.98 Å². The number of fused-ring (bicyclic) bond motifs is 1. The predicted molar refractivity (Wildman–Crippen MR) is 88.1 cm³/mol. The van der Waals surface area contributed by atoms with Crippen molar-refractivity contribution in [1.29, 1.82) is 0 Å². The molecule has 0 aliphatic heterocycles. The van der Waals surface area contributed by atoms with Crippen LogP contribution in [0.4, 0.5) is 24.9 Å². The highest BCUT2D eigenvalue weighted by Crippen LogP contribution is 2.27. The second-order valence-electron chi connectivity index (χ2n) is 5.25. The van der Waals surface area contributed by atoms with E-state index in [1.807, 2.05) is 0 Å². The van der Waals surface area contributed by atoms with Crippen molar-refractivity contribution in [2.75, 3.05) is 11.1 Å². The molecule has 0 spiro atoms. The van der Waals surface area contributed by atoms with Crippen LogP contribution in [0.2, 0.25) is 0 Å². The first-order valence-corrected chi connectivity index (χ1v) is 9.08. The highest BCUT2D eigenvalue weighted by atomic mass is 32.2. The smallest absolute Gasteiger partial charge is 0.423 e. The number of oxazole rings is 1. The molecule has 0 saturated carbocycles. The first-order valence-electron chi connectivity index (χ1n) is 7.42. The Balaban J connectivity index is 1.81. The predicted octanol–water partition coefficient (Wildman–Crippen LogP) is 4.26. The molecule has 0 saturated heterocycles. The molecule has 0 fully saturated rings. The number of nitrogens with one attached hydrogen (secondary N) is 1. The van der Waals surface area contributed by atoms with Gasteiger partial charge < -0.3 is 14.5 Å². The average molecular weight is 386 g/mol. The van der Waals surface area contributed by atoms with E-state index in [2.05, 4.69) is 15.0 Å². The summed E-state index contributed by atoms with van der Waals surface area (Å²) in [7, 11) is -3.37. The van der Waals surface area contributed by atoms with Gasteiger partial charge in [0, 0.05) is 5.69 Å². The molecule has 0 aliphatic rings. The number of halogens is 3. The standard InChI is InChI=1S/C16H13F3N2O4S/c1-2-26(22,23)12-7-8-14-13(9-12)21-15(24-14)20-10-3-5-11(6-4-10)25-16(17,18)19/h3-9H,2H2,1H3,(H,20,21). The summed E-state index contributed by atoms with van der Waals surface area (Å²) in [6.45, 7) is 1.54. The molecule has 0 aliphatic carbocycles. The van der Waals surface area contributed by atoms with Crippen LogP contribution >= 0.6 is 0 Å². The number of hydrogen-bond acceptors (Lipinski definition) is 6. The van der Waals surface area contributed by atoms with Crippen molar-refractivity contribution in [3.63, 3.8) is 0 Å². The molecule has 0 atom stereocenters. The van der Waals surface area contributed by atoms with Crippen LogP contribution in [0, 0.1) is 0 Å². The van der Waals surface area contributed by atoms with E-state index in [0.717, 1.165) is 12.1 Å². The molecule has 1 heterocycles. The van der Waals surface area contributed by atoms with Gasteiger partial charge in [0.15, 0.2) is 15.4 Å². The van der Waals surface area contributed by atoms with Crippen LogP contribution in [-0.2, 0) is 9.84 Å². The molecule has 0 amide bonds. The molecule has 10 heteroatoms. The fourth-order valence-corrected chi connectivity index (χ4v) is 3.08. The van der Waals surface area contributed by atoms with Gasteiger partial charge >= 0.3 is 6.36 Å². The van der Waals surface area contributed by atoms with E-state index in [-0.39, 0.29) is 22.4 Å². The number of aromatic nitrogens is 1. The normalized spacial score (nSPS) is 12.3. The van der Waals surface area contributed by atoms with Crippen molar-refractivity contribution in [2.24, 2.45) is 0 Å². The van der Waals surface area contributed by atoms with Crippen molar-refractivity contribution < 1.29 is 30.7 Å². The van der Waals surface area contributed by atoms with Gasteiger partial charge in [-0.1, -0.05) is 6.92 Å². The van der Waals surface area contributed by atoms with E-state index < -0.39 is 16.2 Å². The number of rotatable bonds is 5. The quantitative estimate of drug-likeness (QED) is 0.706. The maximum Gasteiger partial charge on any atom is 0.573 e. The molecular weight excluding hydrogens is 373 g/mol. The highest BCUT2D eigenvalue weighted by Gasteiger charge is 2.30. The van der Waals surface area contributed by atoms with Gasteiger partial charge in [0.1, 0.15) is 11.3 Å². The third-order valence-electron chi connectivity index (χ3n) is 3.44. The van der Waals surface area contributed by atoms with Crippen LogP contribution in [0.25, 0.3) is 11.1 Å². The summed E-state index contributed by atoms with van der Waals surface area (Å²) in [5.41, 5.74) is 1.14. The maximum absolute atomic E-state index is 12.1. The van der Waals surface area contributed by atoms with Crippen molar-refractivity contribution >= 4 is 32.6 Å². The maximum atomic E-state index is 12.1. The van der Waals surface area contributed by atoms with Crippen LogP contribution in [-0.4, -0.2) is 25.5 Å². The molecule has 1 N–H and O–H groups in total. The van der Waals surface area contributed by atoms with Crippen molar-refractivity contribution in [3.8, 4) is 5.75 Å². The molecule has 0 bridgehead atoms. The number of alkyl halides is 3. The van der Waals surface area contributed by atoms with Crippen molar-refractivity contribution in [3.05, 3.63) is 42.5 Å². The Hall–Kier alpha value is -2.75. The lowest BCUT2D eigenvalue weighted by molar-refractivity contribution is -0.274. The van der Waals surface area contributed by atoms with Gasteiger partial charge in [-0.25, -0.2) is 8.42 Å². The number of anilines is 2. The minimum Gasteiger partial charge on any atom is -0.423 e. The monoisotopic (exact) mass is 386 g/mol. The topological polar surface area (TPSA) is 81.4 Å². The molecule has 3 aromatic rings. The fraction of sp³-hybridized carbons (Fsp3) is 0.188. The summed E-state index contributed by atoms with van der Waals surface area (Å²) in [5.74, 6) is -0.386. The van der Waals surface area contributed by atoms with Crippen molar-refractivity contribution in [2.45, 2.75) is 18.2 Å². The van der Waals surface area contributed by atoms with E-state index in [1.165, 1.54) is 30.3 Å². The highest BCUT2D eigenvalue weighted by molar-refractivity contribution is 7.91. The Morgan fingerprint density at radius 1 is 1.15 bits per heavy atom. The summed E-state index contributed by atoms with van der Waals surface area (Å²) in [6.07, 6.45) is -4.76. The zero-order valence-electron chi connectivity index (χ0n) is 13.4. The van der Waals surface area contributed by atoms with Gasteiger partial charge in [0.2, 0.25) is 0 Å². The minimum absolute atomic E-state index is 0.0339. The lowest BCUT2D eigenvalue weighted by Crippen LogP contribution is -2.16. The van der Waals surface area contributed by atoms with Gasteiger partial charge in [-0.15, -0.1) is 13.2 Å². The zero-order valence-corrected chi connectivity index (χ0v) is 14.2. The Morgan fingerprint density at radius 2 is 1.85 bits per heavy atom. The number of ether oxygens (including phenoxy) is 1. The molecule has 0 unspecified atom stereocenters. The van der Waals surface area contributed by atoms with Crippen LogP contribution < -0.4 is 10.1 Å². The number of nitrogens with zero attached hydrogens (tertiary/aromatic N) is 1. The summed E-state index contributed by atoms with van der Waals surface area (Å²) >= 11 is 0. The Kier molecular flexibility index (Phi) is 4.53. The molecule has 2 aromatic carbocycles. The lowest BCUT2D eigenvalue weighted by atomic mass is 10.3. The first-order chi connectivity index (χ1) is 12.2. The number of hydrogen-bond donors (Lipinski definition) is 1. The SMILES string of the molecule is CCS(=O)(=O)c1ccc2oc(Nc3ccc(OC(F)(F)F)cc3)nc2c1. The second-order valence-corrected chi connectivity index (χ2v) is 7.53. The van der Waals surface area contributed by atoms with E-state index in [9.17, 15) is 21.6 Å². The number of benzene rings is 2. The summed E-state index contributed by atoms with van der Waals surface area (Å²) in [4.78, 5) is 4.28. The summed E-state index contributed by atoms with van der Waals surface area (Å²) in [6, 6.07) is 9.43. The third-order valence-corrected chi connectivity index (χ3v) is 5.17. The van der Waals surface area contributed by atoms with Gasteiger partial charge in [-0.05, 0) is 42.5 Å². The second kappa shape index (κ2) is 6.52. The average Bonchev–Trinajstić information content (AvgIpc) is 2.96. The Labute approximate surface area is 146 Å². The van der Waals surface area contributed by atoms with Crippen LogP contribution in [0.5, 0.6) is 5.75 Å². The third kappa shape index (κ3) is 4.07. The largest absolute Gasteiger partial charge is 0.573 e. The van der Waals surface area contributed by atoms with Gasteiger partial charge in [0.05, 0.1) is 10.6 Å². The van der Waals surface area contributed by atoms with Crippen LogP contribution in [0.15, 0.2) is 51.8 Å². The number of sulfone groups is 1. The summed E-state index contributed by atoms with van der Waals surface area (Å²) < 4.78 is 69.5. The molecule has 3 rings (SSSR count). The van der Waals surface area contributed by atoms with Gasteiger partial charge in [-0.3, -0.25) is 0 Å². The molecular formula is C16H13F3N2O4S. The van der Waals surface area contributed by atoms with E-state index in [0.29, 0.717) is 16.8 Å². The van der Waals surface area contributed by atoms with Crippen LogP contribution in [0.3, 0.4) is 0 Å². The fourth-order valence-electron chi connectivity index (χ4n) is 2.18. The Morgan fingerprint density at radius 3 is 2.46 bits per heavy atom. The molecule has 138 valence electrons. The molecule has 26 heavy (non-hydrogen) atoms. The molecule has 1 aromatic heterocycles. The Bertz CT molecular complexity index is 1030. The first kappa shape index (κ1) is 18.1. The summed E-state index contributed by atoms with van der Waals surface area (Å²) in [5, 5.41) is 2.79. The van der Waals surface area contributed by atoms with Gasteiger partial charge in [0.25, 0.3) is 6.01 Å². The van der Waals surface area contributed by atoms with Crippen LogP contribution in [0.1, 0.15) is 6.92 Å². The van der Waals surface area contributed by atoms with E-state index >= 15 is 0 Å². The minimum atomic E-state index is -4.76. The molecule has 6 nitrogen and oxygen atoms in total. The lowest BCUT2D eigenvalue weighted by Gasteiger charge is -2.09. The molecule has 0 radical (unpaired) electrons. The zero-order chi connectivity index (χ0) is 18.9. The van der Waals surface area contributed by atoms with Crippen molar-refractivity contribution in [1.82, 2.24) is 4.98 Å².